The third-order valence-corrected chi connectivity index (χ3v) is 3.08. The van der Waals surface area contributed by atoms with Crippen LogP contribution < -0.4 is 16.0 Å². The van der Waals surface area contributed by atoms with E-state index in [-0.39, 0.29) is 11.8 Å². The first-order valence-corrected chi connectivity index (χ1v) is 6.17. The Morgan fingerprint density at radius 3 is 2.72 bits per heavy atom. The molecule has 4 nitrogen and oxygen atoms in total. The Kier molecular flexibility index (Phi) is 5.09. The van der Waals surface area contributed by atoms with Gasteiger partial charge in [0.2, 0.25) is 0 Å². The molecule has 0 radical (unpaired) electrons. The highest BCUT2D eigenvalue weighted by molar-refractivity contribution is 7.80. The van der Waals surface area contributed by atoms with E-state index in [1.54, 1.807) is 6.07 Å². The lowest BCUT2D eigenvalue weighted by molar-refractivity contribution is 0.0951. The summed E-state index contributed by atoms with van der Waals surface area (Å²) in [5.41, 5.74) is 7.12. The summed E-state index contributed by atoms with van der Waals surface area (Å²) in [7, 11) is 3.87. The van der Waals surface area contributed by atoms with E-state index in [1.165, 1.54) is 0 Å². The summed E-state index contributed by atoms with van der Waals surface area (Å²) in [6.07, 6.45) is 0. The average molecular weight is 265 g/mol. The Morgan fingerprint density at radius 1 is 1.50 bits per heavy atom. The molecule has 1 atom stereocenters. The highest BCUT2D eigenvalue weighted by Gasteiger charge is 2.10. The van der Waals surface area contributed by atoms with Crippen LogP contribution in [0.3, 0.4) is 0 Å². The van der Waals surface area contributed by atoms with E-state index in [1.807, 2.05) is 44.1 Å². The Morgan fingerprint density at radius 2 is 2.17 bits per heavy atom. The summed E-state index contributed by atoms with van der Waals surface area (Å²) in [4.78, 5) is 14.3. The highest BCUT2D eigenvalue weighted by atomic mass is 32.1. The summed E-state index contributed by atoms with van der Waals surface area (Å²) in [5, 5.41) is 2.82. The number of nitrogens with two attached hydrogens (primary N) is 1. The molecule has 0 bridgehead atoms. The number of nitrogens with zero attached hydrogens (tertiary/aromatic N) is 1. The molecule has 1 unspecified atom stereocenters. The molecule has 0 aliphatic heterocycles. The molecule has 0 fully saturated rings. The lowest BCUT2D eigenvalue weighted by atomic mass is 10.1. The molecule has 0 spiro atoms. The highest BCUT2D eigenvalue weighted by Crippen LogP contribution is 2.13. The van der Waals surface area contributed by atoms with Gasteiger partial charge in [0.05, 0.1) is 4.99 Å². The second kappa shape index (κ2) is 6.35. The average Bonchev–Trinajstić information content (AvgIpc) is 2.35. The van der Waals surface area contributed by atoms with Crippen molar-refractivity contribution in [3.63, 3.8) is 0 Å². The molecule has 0 aromatic heterocycles. The van der Waals surface area contributed by atoms with Gasteiger partial charge in [-0.1, -0.05) is 25.2 Å². The number of anilines is 1. The fourth-order valence-corrected chi connectivity index (χ4v) is 1.46. The van der Waals surface area contributed by atoms with Crippen LogP contribution in [0.5, 0.6) is 0 Å². The number of carbonyl (C=O) groups is 1. The molecular weight excluding hydrogens is 246 g/mol. The van der Waals surface area contributed by atoms with Crippen molar-refractivity contribution in [1.82, 2.24) is 5.32 Å². The van der Waals surface area contributed by atoms with Crippen LogP contribution in [0.4, 0.5) is 5.69 Å². The quantitative estimate of drug-likeness (QED) is 0.790. The first kappa shape index (κ1) is 14.4. The van der Waals surface area contributed by atoms with E-state index >= 15 is 0 Å². The molecule has 0 aliphatic carbocycles. The summed E-state index contributed by atoms with van der Waals surface area (Å²) >= 11 is 4.86. The van der Waals surface area contributed by atoms with Gasteiger partial charge in [-0.2, -0.15) is 0 Å². The predicted octanol–water partition coefficient (Wildman–Crippen LogP) is 1.40. The van der Waals surface area contributed by atoms with Gasteiger partial charge in [-0.05, 0) is 18.2 Å². The summed E-state index contributed by atoms with van der Waals surface area (Å²) in [6, 6.07) is 7.45. The van der Waals surface area contributed by atoms with Crippen LogP contribution in [-0.4, -0.2) is 31.5 Å². The molecule has 0 aliphatic rings. The van der Waals surface area contributed by atoms with Crippen LogP contribution >= 0.6 is 12.2 Å². The number of hydrogen-bond donors (Lipinski definition) is 2. The van der Waals surface area contributed by atoms with Crippen LogP contribution in [0.1, 0.15) is 17.3 Å². The van der Waals surface area contributed by atoms with Crippen molar-refractivity contribution in [1.29, 1.82) is 0 Å². The number of carbonyl (C=O) groups excluding carboxylic acids is 1. The normalized spacial score (nSPS) is 11.7. The zero-order chi connectivity index (χ0) is 13.7. The minimum atomic E-state index is -0.109. The Labute approximate surface area is 113 Å². The number of amides is 1. The lowest BCUT2D eigenvalue weighted by Gasteiger charge is -2.14. The van der Waals surface area contributed by atoms with Gasteiger partial charge in [-0.3, -0.25) is 4.79 Å². The van der Waals surface area contributed by atoms with Crippen molar-refractivity contribution >= 4 is 28.8 Å². The van der Waals surface area contributed by atoms with E-state index in [9.17, 15) is 4.79 Å². The SMILES string of the molecule is CC(CNC(=O)c1cccc(N(C)C)c1)C(N)=S. The fourth-order valence-electron chi connectivity index (χ4n) is 1.37. The Bertz CT molecular complexity index is 446. The molecule has 1 aromatic carbocycles. The summed E-state index contributed by atoms with van der Waals surface area (Å²) < 4.78 is 0. The van der Waals surface area contributed by atoms with E-state index < -0.39 is 0 Å². The van der Waals surface area contributed by atoms with Gasteiger partial charge in [0.15, 0.2) is 0 Å². The van der Waals surface area contributed by atoms with Crippen LogP contribution in [0.25, 0.3) is 0 Å². The van der Waals surface area contributed by atoms with Crippen molar-refractivity contribution in [2.45, 2.75) is 6.92 Å². The number of hydrogen-bond acceptors (Lipinski definition) is 3. The molecule has 5 heteroatoms. The third-order valence-electron chi connectivity index (χ3n) is 2.68. The van der Waals surface area contributed by atoms with Crippen LogP contribution in [-0.2, 0) is 0 Å². The second-order valence-electron chi connectivity index (χ2n) is 4.46. The van der Waals surface area contributed by atoms with Gasteiger partial charge in [-0.25, -0.2) is 0 Å². The zero-order valence-electron chi connectivity index (χ0n) is 10.9. The first-order chi connectivity index (χ1) is 8.41. The molecule has 0 heterocycles. The lowest BCUT2D eigenvalue weighted by Crippen LogP contribution is -2.33. The van der Waals surface area contributed by atoms with Crippen molar-refractivity contribution in [3.05, 3.63) is 29.8 Å². The van der Waals surface area contributed by atoms with E-state index in [4.69, 9.17) is 18.0 Å². The van der Waals surface area contributed by atoms with Gasteiger partial charge in [0.1, 0.15) is 0 Å². The molecule has 1 rings (SSSR count). The van der Waals surface area contributed by atoms with Crippen LogP contribution in [0.15, 0.2) is 24.3 Å². The minimum absolute atomic E-state index is 0.000909. The summed E-state index contributed by atoms with van der Waals surface area (Å²) in [6.45, 7) is 2.35. The van der Waals surface area contributed by atoms with Crippen molar-refractivity contribution in [2.24, 2.45) is 11.7 Å². The molecule has 98 valence electrons. The van der Waals surface area contributed by atoms with Crippen molar-refractivity contribution in [2.75, 3.05) is 25.5 Å². The van der Waals surface area contributed by atoms with Crippen LogP contribution in [0.2, 0.25) is 0 Å². The molecule has 18 heavy (non-hydrogen) atoms. The van der Waals surface area contributed by atoms with Gasteiger partial charge in [-0.15, -0.1) is 0 Å². The zero-order valence-corrected chi connectivity index (χ0v) is 11.8. The van der Waals surface area contributed by atoms with Crippen LogP contribution in [0, 0.1) is 5.92 Å². The smallest absolute Gasteiger partial charge is 0.251 e. The largest absolute Gasteiger partial charge is 0.393 e. The van der Waals surface area contributed by atoms with Gasteiger partial charge < -0.3 is 16.0 Å². The van der Waals surface area contributed by atoms with E-state index in [0.29, 0.717) is 17.1 Å². The maximum absolute atomic E-state index is 11.9. The van der Waals surface area contributed by atoms with Crippen molar-refractivity contribution in [3.8, 4) is 0 Å². The molecule has 1 aromatic rings. The van der Waals surface area contributed by atoms with Gasteiger partial charge >= 0.3 is 0 Å². The molecular formula is C13H19N3OS. The Hall–Kier alpha value is -1.62. The standard InChI is InChI=1S/C13H19N3OS/c1-9(12(14)18)8-15-13(17)10-5-4-6-11(7-10)16(2)3/h4-7,9H,8H2,1-3H3,(H2,14,18)(H,15,17). The minimum Gasteiger partial charge on any atom is -0.393 e. The first-order valence-electron chi connectivity index (χ1n) is 5.76. The third kappa shape index (κ3) is 4.00. The van der Waals surface area contributed by atoms with E-state index in [0.717, 1.165) is 5.69 Å². The maximum atomic E-state index is 11.9. The number of nitrogens with one attached hydrogen (secondary N) is 1. The maximum Gasteiger partial charge on any atom is 0.251 e. The predicted molar refractivity (Wildman–Crippen MR) is 79.1 cm³/mol. The second-order valence-corrected chi connectivity index (χ2v) is 4.93. The molecule has 0 saturated heterocycles. The van der Waals surface area contributed by atoms with E-state index in [2.05, 4.69) is 5.32 Å². The Balaban J connectivity index is 2.67. The molecule has 1 amide bonds. The van der Waals surface area contributed by atoms with Gasteiger partial charge in [0.25, 0.3) is 5.91 Å². The number of rotatable bonds is 5. The topological polar surface area (TPSA) is 58.4 Å². The fraction of sp³-hybridized carbons (Fsp3) is 0.385. The molecule has 3 N–H and O–H groups in total. The number of benzene rings is 1. The summed E-state index contributed by atoms with van der Waals surface area (Å²) in [5.74, 6) is -0.109. The van der Waals surface area contributed by atoms with Crippen molar-refractivity contribution < 1.29 is 4.79 Å². The molecule has 0 saturated carbocycles. The number of thiocarbonyl (C=S) groups is 1. The van der Waals surface area contributed by atoms with Gasteiger partial charge in [0, 0.05) is 37.8 Å². The monoisotopic (exact) mass is 265 g/mol.